The number of aromatic nitrogens is 1. The van der Waals surface area contributed by atoms with E-state index < -0.39 is 10.0 Å². The SMILES string of the molecule is Cc1ncc(S(=O)(=O)N2CC3CNCC3C2C)s1. The van der Waals surface area contributed by atoms with Gasteiger partial charge in [0.25, 0.3) is 10.0 Å². The van der Waals surface area contributed by atoms with Gasteiger partial charge < -0.3 is 5.32 Å². The summed E-state index contributed by atoms with van der Waals surface area (Å²) in [5, 5.41) is 4.13. The number of sulfonamides is 1. The van der Waals surface area contributed by atoms with E-state index >= 15 is 0 Å². The van der Waals surface area contributed by atoms with E-state index in [2.05, 4.69) is 10.3 Å². The number of nitrogens with one attached hydrogen (secondary N) is 1. The third-order valence-corrected chi connectivity index (χ3v) is 7.35. The largest absolute Gasteiger partial charge is 0.316 e. The standard InChI is InChI=1S/C11H17N3O2S2/c1-7-10-4-12-3-9(10)6-14(7)18(15,16)11-5-13-8(2)17-11/h5,7,9-10,12H,3-4,6H2,1-2H3. The van der Waals surface area contributed by atoms with Crippen LogP contribution in [0.5, 0.6) is 0 Å². The van der Waals surface area contributed by atoms with Gasteiger partial charge in [0.05, 0.1) is 11.2 Å². The Morgan fingerprint density at radius 1 is 1.50 bits per heavy atom. The number of nitrogens with zero attached hydrogens (tertiary/aromatic N) is 2. The number of hydrogen-bond donors (Lipinski definition) is 1. The first-order valence-electron chi connectivity index (χ1n) is 6.15. The molecule has 0 amide bonds. The van der Waals surface area contributed by atoms with Crippen LogP contribution >= 0.6 is 11.3 Å². The van der Waals surface area contributed by atoms with Crippen molar-refractivity contribution in [2.75, 3.05) is 19.6 Å². The molecule has 2 saturated heterocycles. The van der Waals surface area contributed by atoms with Crippen LogP contribution in [0.2, 0.25) is 0 Å². The van der Waals surface area contributed by atoms with Crippen molar-refractivity contribution in [2.24, 2.45) is 11.8 Å². The molecule has 0 bridgehead atoms. The molecular formula is C11H17N3O2S2. The van der Waals surface area contributed by atoms with Gasteiger partial charge in [-0.2, -0.15) is 4.31 Å². The Hall–Kier alpha value is -0.500. The van der Waals surface area contributed by atoms with Gasteiger partial charge in [-0.15, -0.1) is 11.3 Å². The molecule has 0 radical (unpaired) electrons. The highest BCUT2D eigenvalue weighted by Gasteiger charge is 2.47. The smallest absolute Gasteiger partial charge is 0.254 e. The van der Waals surface area contributed by atoms with Gasteiger partial charge in [0.1, 0.15) is 0 Å². The summed E-state index contributed by atoms with van der Waals surface area (Å²) in [5.41, 5.74) is 0. The molecule has 3 rings (SSSR count). The summed E-state index contributed by atoms with van der Waals surface area (Å²) < 4.78 is 27.2. The van der Waals surface area contributed by atoms with Crippen LogP contribution in [0.4, 0.5) is 0 Å². The lowest BCUT2D eigenvalue weighted by Crippen LogP contribution is -2.37. The van der Waals surface area contributed by atoms with Crippen molar-refractivity contribution in [3.8, 4) is 0 Å². The lowest BCUT2D eigenvalue weighted by molar-refractivity contribution is 0.361. The summed E-state index contributed by atoms with van der Waals surface area (Å²) in [6.07, 6.45) is 1.48. The molecule has 2 fully saturated rings. The fourth-order valence-corrected chi connectivity index (χ4v) is 5.99. The van der Waals surface area contributed by atoms with Crippen molar-refractivity contribution >= 4 is 21.4 Å². The zero-order chi connectivity index (χ0) is 12.9. The zero-order valence-corrected chi connectivity index (χ0v) is 12.1. The summed E-state index contributed by atoms with van der Waals surface area (Å²) in [6.45, 7) is 6.35. The molecule has 3 atom stereocenters. The molecule has 0 spiro atoms. The van der Waals surface area contributed by atoms with Gasteiger partial charge in [-0.1, -0.05) is 0 Å². The van der Waals surface area contributed by atoms with E-state index in [0.29, 0.717) is 22.6 Å². The first kappa shape index (κ1) is 12.5. The number of hydrogen-bond acceptors (Lipinski definition) is 5. The van der Waals surface area contributed by atoms with Crippen molar-refractivity contribution in [1.82, 2.24) is 14.6 Å². The van der Waals surface area contributed by atoms with Crippen LogP contribution in [0.1, 0.15) is 11.9 Å². The molecule has 18 heavy (non-hydrogen) atoms. The van der Waals surface area contributed by atoms with Crippen molar-refractivity contribution in [1.29, 1.82) is 0 Å². The molecule has 2 aliphatic rings. The summed E-state index contributed by atoms with van der Waals surface area (Å²) in [6, 6.07) is 0.0809. The molecule has 2 aliphatic heterocycles. The summed E-state index contributed by atoms with van der Waals surface area (Å²) in [4.78, 5) is 4.05. The fourth-order valence-electron chi connectivity index (χ4n) is 3.02. The molecular weight excluding hydrogens is 270 g/mol. The lowest BCUT2D eigenvalue weighted by atomic mass is 9.95. The van der Waals surface area contributed by atoms with E-state index in [0.717, 1.165) is 18.1 Å². The first-order chi connectivity index (χ1) is 8.50. The van der Waals surface area contributed by atoms with E-state index in [1.54, 1.807) is 4.31 Å². The van der Waals surface area contributed by atoms with Crippen LogP contribution < -0.4 is 5.32 Å². The number of thiazole rings is 1. The Morgan fingerprint density at radius 3 is 2.89 bits per heavy atom. The maximum Gasteiger partial charge on any atom is 0.254 e. The Kier molecular flexibility index (Phi) is 2.97. The average Bonchev–Trinajstić information content (AvgIpc) is 2.96. The maximum absolute atomic E-state index is 12.6. The highest BCUT2D eigenvalue weighted by Crippen LogP contribution is 2.36. The van der Waals surface area contributed by atoms with Gasteiger partial charge in [0, 0.05) is 12.6 Å². The third kappa shape index (κ3) is 1.80. The van der Waals surface area contributed by atoms with E-state index in [9.17, 15) is 8.42 Å². The molecule has 3 unspecified atom stereocenters. The van der Waals surface area contributed by atoms with Gasteiger partial charge in [-0.05, 0) is 38.8 Å². The predicted octanol–water partition coefficient (Wildman–Crippen LogP) is 0.680. The average molecular weight is 287 g/mol. The van der Waals surface area contributed by atoms with Crippen molar-refractivity contribution in [3.63, 3.8) is 0 Å². The summed E-state index contributed by atoms with van der Waals surface area (Å²) >= 11 is 1.26. The van der Waals surface area contributed by atoms with Gasteiger partial charge in [-0.3, -0.25) is 0 Å². The second kappa shape index (κ2) is 4.26. The molecule has 0 aliphatic carbocycles. The maximum atomic E-state index is 12.6. The number of rotatable bonds is 2. The molecule has 1 aromatic heterocycles. The minimum atomic E-state index is -3.35. The van der Waals surface area contributed by atoms with Crippen LogP contribution in [0.3, 0.4) is 0 Å². The molecule has 3 heterocycles. The fraction of sp³-hybridized carbons (Fsp3) is 0.727. The Balaban J connectivity index is 1.91. The van der Waals surface area contributed by atoms with Crippen LogP contribution in [-0.2, 0) is 10.0 Å². The van der Waals surface area contributed by atoms with Gasteiger partial charge >= 0.3 is 0 Å². The molecule has 0 aromatic carbocycles. The van der Waals surface area contributed by atoms with E-state index in [4.69, 9.17) is 0 Å². The summed E-state index contributed by atoms with van der Waals surface area (Å²) in [7, 11) is -3.35. The third-order valence-electron chi connectivity index (χ3n) is 4.04. The highest BCUT2D eigenvalue weighted by molar-refractivity contribution is 7.91. The predicted molar refractivity (Wildman–Crippen MR) is 70.1 cm³/mol. The minimum Gasteiger partial charge on any atom is -0.316 e. The second-order valence-corrected chi connectivity index (χ2v) is 8.45. The monoisotopic (exact) mass is 287 g/mol. The summed E-state index contributed by atoms with van der Waals surface area (Å²) in [5.74, 6) is 0.914. The lowest BCUT2D eigenvalue weighted by Gasteiger charge is -2.22. The van der Waals surface area contributed by atoms with Crippen molar-refractivity contribution < 1.29 is 8.42 Å². The number of aryl methyl sites for hydroxylation is 1. The minimum absolute atomic E-state index is 0.0809. The van der Waals surface area contributed by atoms with Gasteiger partial charge in [0.15, 0.2) is 4.21 Å². The molecule has 7 heteroatoms. The molecule has 0 saturated carbocycles. The van der Waals surface area contributed by atoms with Crippen LogP contribution in [0, 0.1) is 18.8 Å². The van der Waals surface area contributed by atoms with E-state index in [1.165, 1.54) is 17.5 Å². The zero-order valence-electron chi connectivity index (χ0n) is 10.5. The molecule has 1 aromatic rings. The van der Waals surface area contributed by atoms with Crippen molar-refractivity contribution in [2.45, 2.75) is 24.1 Å². The highest BCUT2D eigenvalue weighted by atomic mass is 32.2. The Bertz CT molecular complexity index is 554. The topological polar surface area (TPSA) is 62.3 Å². The van der Waals surface area contributed by atoms with Crippen LogP contribution in [0.25, 0.3) is 0 Å². The molecule has 5 nitrogen and oxygen atoms in total. The molecule has 1 N–H and O–H groups in total. The number of fused-ring (bicyclic) bond motifs is 1. The molecule has 100 valence electrons. The Morgan fingerprint density at radius 2 is 2.28 bits per heavy atom. The second-order valence-electron chi connectivity index (χ2n) is 5.10. The van der Waals surface area contributed by atoms with E-state index in [1.807, 2.05) is 13.8 Å². The normalized spacial score (nSPS) is 32.9. The first-order valence-corrected chi connectivity index (χ1v) is 8.41. The van der Waals surface area contributed by atoms with E-state index in [-0.39, 0.29) is 6.04 Å². The Labute approximate surface area is 111 Å². The van der Waals surface area contributed by atoms with Gasteiger partial charge in [0.2, 0.25) is 0 Å². The van der Waals surface area contributed by atoms with Crippen molar-refractivity contribution in [3.05, 3.63) is 11.2 Å². The van der Waals surface area contributed by atoms with Crippen LogP contribution in [-0.4, -0.2) is 43.4 Å². The quantitative estimate of drug-likeness (QED) is 0.869. The van der Waals surface area contributed by atoms with Crippen LogP contribution in [0.15, 0.2) is 10.4 Å². The van der Waals surface area contributed by atoms with Gasteiger partial charge in [-0.25, -0.2) is 13.4 Å².